The molecule has 1 rings (SSSR count). The second-order valence-corrected chi connectivity index (χ2v) is 2.72. The Kier molecular flexibility index (Phi) is 3.42. The third-order valence-corrected chi connectivity index (χ3v) is 1.62. The van der Waals surface area contributed by atoms with Gasteiger partial charge in [-0.3, -0.25) is 0 Å². The van der Waals surface area contributed by atoms with Crippen molar-refractivity contribution >= 4 is 5.97 Å². The van der Waals surface area contributed by atoms with E-state index in [1.54, 1.807) is 6.92 Å². The van der Waals surface area contributed by atoms with E-state index in [9.17, 15) is 4.79 Å². The number of hydrogen-bond donors (Lipinski definition) is 0. The molecule has 0 bridgehead atoms. The Morgan fingerprint density at radius 2 is 2.46 bits per heavy atom. The number of nitrogens with zero attached hydrogens (tertiary/aromatic N) is 3. The van der Waals surface area contributed by atoms with Gasteiger partial charge in [-0.2, -0.15) is 5.10 Å². The summed E-state index contributed by atoms with van der Waals surface area (Å²) in [4.78, 5) is 15.0. The molecule has 1 atom stereocenters. The van der Waals surface area contributed by atoms with Gasteiger partial charge in [0.15, 0.2) is 0 Å². The molecule has 5 heteroatoms. The lowest BCUT2D eigenvalue weighted by Crippen LogP contribution is -2.19. The van der Waals surface area contributed by atoms with Gasteiger partial charge in [-0.05, 0) is 13.3 Å². The largest absolute Gasteiger partial charge is 0.464 e. The molecular weight excluding hydrogens is 170 g/mol. The number of carbonyl (C=O) groups is 1. The summed E-state index contributed by atoms with van der Waals surface area (Å²) in [6.45, 7) is 4.14. The van der Waals surface area contributed by atoms with E-state index in [2.05, 4.69) is 10.1 Å². The fraction of sp³-hybridized carbons (Fsp3) is 0.625. The van der Waals surface area contributed by atoms with Crippen LogP contribution >= 0.6 is 0 Å². The van der Waals surface area contributed by atoms with Crippen molar-refractivity contribution in [3.63, 3.8) is 0 Å². The van der Waals surface area contributed by atoms with Crippen LogP contribution < -0.4 is 0 Å². The Balaban J connectivity index is 2.48. The molecule has 13 heavy (non-hydrogen) atoms. The molecule has 0 aliphatic carbocycles. The first-order valence-electron chi connectivity index (χ1n) is 4.26. The molecule has 0 spiro atoms. The SMILES string of the molecule is CCCOC(=O)C(C)n1cncn1. The highest BCUT2D eigenvalue weighted by atomic mass is 16.5. The molecule has 5 nitrogen and oxygen atoms in total. The third kappa shape index (κ3) is 2.54. The van der Waals surface area contributed by atoms with E-state index >= 15 is 0 Å². The predicted molar refractivity (Wildman–Crippen MR) is 46.0 cm³/mol. The highest BCUT2D eigenvalue weighted by molar-refractivity contribution is 5.73. The fourth-order valence-corrected chi connectivity index (χ4v) is 0.849. The van der Waals surface area contributed by atoms with Gasteiger partial charge in [-0.1, -0.05) is 6.92 Å². The standard InChI is InChI=1S/C8H13N3O2/c1-3-4-13-8(12)7(2)11-6-9-5-10-11/h5-7H,3-4H2,1-2H3. The van der Waals surface area contributed by atoms with Crippen molar-refractivity contribution in [3.8, 4) is 0 Å². The van der Waals surface area contributed by atoms with Gasteiger partial charge in [0.05, 0.1) is 6.61 Å². The molecule has 0 amide bonds. The third-order valence-electron chi connectivity index (χ3n) is 1.62. The molecular formula is C8H13N3O2. The van der Waals surface area contributed by atoms with Crippen molar-refractivity contribution in [1.82, 2.24) is 14.8 Å². The number of carbonyl (C=O) groups excluding carboxylic acids is 1. The van der Waals surface area contributed by atoms with Crippen LogP contribution in [0.2, 0.25) is 0 Å². The fourth-order valence-electron chi connectivity index (χ4n) is 0.849. The molecule has 1 aromatic heterocycles. The van der Waals surface area contributed by atoms with Gasteiger partial charge in [-0.15, -0.1) is 0 Å². The lowest BCUT2D eigenvalue weighted by atomic mass is 10.3. The summed E-state index contributed by atoms with van der Waals surface area (Å²) in [6.07, 6.45) is 3.72. The number of hydrogen-bond acceptors (Lipinski definition) is 4. The van der Waals surface area contributed by atoms with Crippen LogP contribution in [0.5, 0.6) is 0 Å². The van der Waals surface area contributed by atoms with E-state index in [4.69, 9.17) is 4.74 Å². The smallest absolute Gasteiger partial charge is 0.330 e. The molecule has 72 valence electrons. The van der Waals surface area contributed by atoms with Crippen molar-refractivity contribution in [2.75, 3.05) is 6.61 Å². The molecule has 0 radical (unpaired) electrons. The molecule has 0 N–H and O–H groups in total. The molecule has 0 aromatic carbocycles. The minimum atomic E-state index is -0.394. The van der Waals surface area contributed by atoms with E-state index in [0.717, 1.165) is 6.42 Å². The summed E-state index contributed by atoms with van der Waals surface area (Å²) in [5, 5.41) is 3.85. The van der Waals surface area contributed by atoms with Gasteiger partial charge in [-0.25, -0.2) is 14.5 Å². The van der Waals surface area contributed by atoms with Crippen molar-refractivity contribution in [2.45, 2.75) is 26.3 Å². The highest BCUT2D eigenvalue weighted by Crippen LogP contribution is 2.04. The summed E-state index contributed by atoms with van der Waals surface area (Å²) >= 11 is 0. The second-order valence-electron chi connectivity index (χ2n) is 2.72. The maximum absolute atomic E-state index is 11.3. The number of ether oxygens (including phenoxy) is 1. The van der Waals surface area contributed by atoms with E-state index in [1.807, 2.05) is 6.92 Å². The van der Waals surface area contributed by atoms with Crippen LogP contribution in [0.25, 0.3) is 0 Å². The summed E-state index contributed by atoms with van der Waals surface area (Å²) < 4.78 is 6.42. The maximum atomic E-state index is 11.3. The van der Waals surface area contributed by atoms with Crippen molar-refractivity contribution < 1.29 is 9.53 Å². The summed E-state index contributed by atoms with van der Waals surface area (Å²) in [5.41, 5.74) is 0. The van der Waals surface area contributed by atoms with E-state index in [1.165, 1.54) is 17.3 Å². The summed E-state index contributed by atoms with van der Waals surface area (Å²) in [5.74, 6) is -0.271. The summed E-state index contributed by atoms with van der Waals surface area (Å²) in [7, 11) is 0. The minimum Gasteiger partial charge on any atom is -0.464 e. The van der Waals surface area contributed by atoms with Crippen LogP contribution in [0.1, 0.15) is 26.3 Å². The lowest BCUT2D eigenvalue weighted by molar-refractivity contribution is -0.147. The lowest BCUT2D eigenvalue weighted by Gasteiger charge is -2.09. The molecule has 1 aromatic rings. The van der Waals surface area contributed by atoms with Crippen molar-refractivity contribution in [1.29, 1.82) is 0 Å². The van der Waals surface area contributed by atoms with Gasteiger partial charge in [0, 0.05) is 0 Å². The van der Waals surface area contributed by atoms with Gasteiger partial charge in [0.1, 0.15) is 18.7 Å². The monoisotopic (exact) mass is 183 g/mol. The molecule has 0 fully saturated rings. The molecule has 0 aliphatic heterocycles. The Morgan fingerprint density at radius 3 is 3.00 bits per heavy atom. The zero-order valence-corrected chi connectivity index (χ0v) is 7.80. The maximum Gasteiger partial charge on any atom is 0.330 e. The van der Waals surface area contributed by atoms with Crippen LogP contribution in [0.15, 0.2) is 12.7 Å². The Labute approximate surface area is 76.7 Å². The zero-order chi connectivity index (χ0) is 9.68. The predicted octanol–water partition coefficient (Wildman–Crippen LogP) is 0.792. The summed E-state index contributed by atoms with van der Waals surface area (Å²) in [6, 6.07) is -0.394. The highest BCUT2D eigenvalue weighted by Gasteiger charge is 2.15. The zero-order valence-electron chi connectivity index (χ0n) is 7.80. The Hall–Kier alpha value is -1.39. The van der Waals surface area contributed by atoms with E-state index in [-0.39, 0.29) is 5.97 Å². The van der Waals surface area contributed by atoms with Gasteiger partial charge in [0.2, 0.25) is 0 Å². The first-order chi connectivity index (χ1) is 6.25. The van der Waals surface area contributed by atoms with Crippen LogP contribution in [0.3, 0.4) is 0 Å². The Morgan fingerprint density at radius 1 is 1.69 bits per heavy atom. The van der Waals surface area contributed by atoms with Crippen molar-refractivity contribution in [3.05, 3.63) is 12.7 Å². The van der Waals surface area contributed by atoms with Crippen LogP contribution in [0, 0.1) is 0 Å². The van der Waals surface area contributed by atoms with Crippen molar-refractivity contribution in [2.24, 2.45) is 0 Å². The van der Waals surface area contributed by atoms with Crippen LogP contribution in [0.4, 0.5) is 0 Å². The molecule has 0 saturated carbocycles. The normalized spacial score (nSPS) is 12.5. The first kappa shape index (κ1) is 9.70. The topological polar surface area (TPSA) is 57.0 Å². The van der Waals surface area contributed by atoms with E-state index < -0.39 is 6.04 Å². The van der Waals surface area contributed by atoms with Gasteiger partial charge < -0.3 is 4.74 Å². The average Bonchev–Trinajstić information content (AvgIpc) is 2.65. The molecule has 1 heterocycles. The van der Waals surface area contributed by atoms with Gasteiger partial charge >= 0.3 is 5.97 Å². The molecule has 0 aliphatic rings. The van der Waals surface area contributed by atoms with Crippen LogP contribution in [-0.2, 0) is 9.53 Å². The number of esters is 1. The quantitative estimate of drug-likeness (QED) is 0.647. The average molecular weight is 183 g/mol. The van der Waals surface area contributed by atoms with E-state index in [0.29, 0.717) is 6.61 Å². The molecule has 0 saturated heterocycles. The van der Waals surface area contributed by atoms with Gasteiger partial charge in [0.25, 0.3) is 0 Å². The second kappa shape index (κ2) is 4.59. The molecule has 1 unspecified atom stereocenters. The van der Waals surface area contributed by atoms with Crippen LogP contribution in [-0.4, -0.2) is 27.3 Å². The minimum absolute atomic E-state index is 0.271. The Bertz CT molecular complexity index is 258. The first-order valence-corrected chi connectivity index (χ1v) is 4.26. The number of aromatic nitrogens is 3. The number of rotatable bonds is 4.